The van der Waals surface area contributed by atoms with Crippen LogP contribution in [0.15, 0.2) is 18.5 Å². The van der Waals surface area contributed by atoms with E-state index in [9.17, 15) is 4.79 Å². The molecule has 2 aromatic heterocycles. The first-order valence-electron chi connectivity index (χ1n) is 6.49. The largest absolute Gasteiger partial charge is 0.397 e. The van der Waals surface area contributed by atoms with Crippen molar-refractivity contribution in [2.24, 2.45) is 0 Å². The highest BCUT2D eigenvalue weighted by atomic mass is 32.1. The van der Waals surface area contributed by atoms with Crippen LogP contribution in [0, 0.1) is 0 Å². The van der Waals surface area contributed by atoms with Crippen molar-refractivity contribution in [2.45, 2.75) is 33.2 Å². The first-order valence-corrected chi connectivity index (χ1v) is 7.30. The molecule has 0 fully saturated rings. The Morgan fingerprint density at radius 2 is 2.26 bits per heavy atom. The summed E-state index contributed by atoms with van der Waals surface area (Å²) in [6, 6.07) is 2.03. The van der Waals surface area contributed by atoms with E-state index in [1.807, 2.05) is 24.8 Å². The standard InChI is InChI=1S/C14H19N3OS/c1-4-7-17(9(2)3)14(18)13-12(15)10-5-6-16-8-11(10)19-13/h5-6,8-9H,4,7,15H2,1-3H3. The van der Waals surface area contributed by atoms with Crippen molar-refractivity contribution in [3.8, 4) is 0 Å². The zero-order chi connectivity index (χ0) is 14.0. The van der Waals surface area contributed by atoms with Crippen LogP contribution >= 0.6 is 11.3 Å². The summed E-state index contributed by atoms with van der Waals surface area (Å²) in [6.45, 7) is 6.88. The van der Waals surface area contributed by atoms with Crippen molar-refractivity contribution in [3.63, 3.8) is 0 Å². The Hall–Kier alpha value is -1.62. The average Bonchev–Trinajstić information content (AvgIpc) is 2.73. The zero-order valence-corrected chi connectivity index (χ0v) is 12.3. The van der Waals surface area contributed by atoms with Crippen molar-refractivity contribution in [1.82, 2.24) is 9.88 Å². The number of hydrogen-bond donors (Lipinski definition) is 1. The summed E-state index contributed by atoms with van der Waals surface area (Å²) in [7, 11) is 0. The van der Waals surface area contributed by atoms with Gasteiger partial charge in [0, 0.05) is 30.4 Å². The summed E-state index contributed by atoms with van der Waals surface area (Å²) >= 11 is 1.42. The molecule has 19 heavy (non-hydrogen) atoms. The van der Waals surface area contributed by atoms with Crippen LogP contribution in [-0.4, -0.2) is 28.4 Å². The highest BCUT2D eigenvalue weighted by Crippen LogP contribution is 2.33. The van der Waals surface area contributed by atoms with Gasteiger partial charge in [0.25, 0.3) is 5.91 Å². The number of aromatic nitrogens is 1. The number of rotatable bonds is 4. The molecule has 0 radical (unpaired) electrons. The first-order chi connectivity index (χ1) is 9.06. The summed E-state index contributed by atoms with van der Waals surface area (Å²) in [4.78, 5) is 19.2. The molecule has 102 valence electrons. The quantitative estimate of drug-likeness (QED) is 0.934. The number of nitrogen functional groups attached to an aromatic ring is 1. The van der Waals surface area contributed by atoms with Crippen LogP contribution in [0.4, 0.5) is 5.69 Å². The maximum absolute atomic E-state index is 12.6. The predicted octanol–water partition coefficient (Wildman–Crippen LogP) is 3.14. The lowest BCUT2D eigenvalue weighted by Crippen LogP contribution is -2.37. The van der Waals surface area contributed by atoms with Gasteiger partial charge in [-0.25, -0.2) is 0 Å². The summed E-state index contributed by atoms with van der Waals surface area (Å²) in [5.41, 5.74) is 6.69. The second-order valence-electron chi connectivity index (χ2n) is 4.81. The van der Waals surface area contributed by atoms with Gasteiger partial charge in [0.15, 0.2) is 0 Å². The lowest BCUT2D eigenvalue weighted by molar-refractivity contribution is 0.0712. The Morgan fingerprint density at radius 1 is 1.53 bits per heavy atom. The Morgan fingerprint density at radius 3 is 2.84 bits per heavy atom. The Labute approximate surface area is 117 Å². The van der Waals surface area contributed by atoms with Gasteiger partial charge in [-0.2, -0.15) is 0 Å². The van der Waals surface area contributed by atoms with Crippen molar-refractivity contribution in [1.29, 1.82) is 0 Å². The molecule has 0 saturated heterocycles. The zero-order valence-electron chi connectivity index (χ0n) is 11.5. The van der Waals surface area contributed by atoms with Gasteiger partial charge < -0.3 is 10.6 Å². The van der Waals surface area contributed by atoms with Gasteiger partial charge >= 0.3 is 0 Å². The number of anilines is 1. The van der Waals surface area contributed by atoms with Gasteiger partial charge in [0.1, 0.15) is 4.88 Å². The number of carbonyl (C=O) groups excluding carboxylic acids is 1. The molecule has 0 bridgehead atoms. The summed E-state index contributed by atoms with van der Waals surface area (Å²) in [5.74, 6) is 0.0237. The van der Waals surface area contributed by atoms with Crippen molar-refractivity contribution < 1.29 is 4.79 Å². The van der Waals surface area contributed by atoms with Gasteiger partial charge in [-0.3, -0.25) is 9.78 Å². The fraction of sp³-hybridized carbons (Fsp3) is 0.429. The molecule has 0 aliphatic heterocycles. The SMILES string of the molecule is CCCN(C(=O)c1sc2cnccc2c1N)C(C)C. The van der Waals surface area contributed by atoms with Crippen LogP contribution in [0.25, 0.3) is 10.1 Å². The minimum atomic E-state index is 0.0237. The van der Waals surface area contributed by atoms with Crippen molar-refractivity contribution in [3.05, 3.63) is 23.3 Å². The molecule has 0 saturated carbocycles. The van der Waals surface area contributed by atoms with Gasteiger partial charge in [-0.1, -0.05) is 6.92 Å². The number of fused-ring (bicyclic) bond motifs is 1. The van der Waals surface area contributed by atoms with Crippen LogP contribution < -0.4 is 5.73 Å². The molecule has 5 heteroatoms. The lowest BCUT2D eigenvalue weighted by atomic mass is 10.2. The van der Waals surface area contributed by atoms with Crippen LogP contribution in [0.3, 0.4) is 0 Å². The van der Waals surface area contributed by atoms with E-state index in [4.69, 9.17) is 5.73 Å². The number of thiophene rings is 1. The highest BCUT2D eigenvalue weighted by molar-refractivity contribution is 7.21. The maximum Gasteiger partial charge on any atom is 0.266 e. The normalized spacial score (nSPS) is 11.2. The maximum atomic E-state index is 12.6. The van der Waals surface area contributed by atoms with E-state index >= 15 is 0 Å². The van der Waals surface area contributed by atoms with Gasteiger partial charge in [-0.15, -0.1) is 11.3 Å². The molecule has 2 rings (SSSR count). The number of pyridine rings is 1. The molecule has 2 heterocycles. The summed E-state index contributed by atoms with van der Waals surface area (Å²) in [6.07, 6.45) is 4.40. The lowest BCUT2D eigenvalue weighted by Gasteiger charge is -2.25. The topological polar surface area (TPSA) is 59.2 Å². The number of nitrogens with zero attached hydrogens (tertiary/aromatic N) is 2. The third-order valence-electron chi connectivity index (χ3n) is 3.07. The van der Waals surface area contributed by atoms with E-state index in [0.29, 0.717) is 10.6 Å². The van der Waals surface area contributed by atoms with Crippen molar-refractivity contribution in [2.75, 3.05) is 12.3 Å². The number of nitrogens with two attached hydrogens (primary N) is 1. The van der Waals surface area contributed by atoms with E-state index in [0.717, 1.165) is 23.1 Å². The van der Waals surface area contributed by atoms with Crippen molar-refractivity contribution >= 4 is 33.0 Å². The van der Waals surface area contributed by atoms with E-state index in [1.165, 1.54) is 11.3 Å². The highest BCUT2D eigenvalue weighted by Gasteiger charge is 2.23. The number of amides is 1. The number of hydrogen-bond acceptors (Lipinski definition) is 4. The van der Waals surface area contributed by atoms with Crippen LogP contribution in [0.5, 0.6) is 0 Å². The molecular weight excluding hydrogens is 258 g/mol. The van der Waals surface area contributed by atoms with E-state index < -0.39 is 0 Å². The minimum Gasteiger partial charge on any atom is -0.397 e. The minimum absolute atomic E-state index is 0.0237. The molecule has 0 unspecified atom stereocenters. The Balaban J connectivity index is 2.43. The monoisotopic (exact) mass is 277 g/mol. The molecule has 0 atom stereocenters. The second kappa shape index (κ2) is 5.57. The molecule has 2 aromatic rings. The summed E-state index contributed by atoms with van der Waals surface area (Å²) in [5, 5.41) is 0.920. The van der Waals surface area contributed by atoms with Gasteiger partial charge in [0.05, 0.1) is 10.4 Å². The molecule has 4 nitrogen and oxygen atoms in total. The molecule has 0 aliphatic rings. The first kappa shape index (κ1) is 13.8. The molecular formula is C14H19N3OS. The third-order valence-corrected chi connectivity index (χ3v) is 4.22. The summed E-state index contributed by atoms with van der Waals surface area (Å²) < 4.78 is 0.962. The Kier molecular flexibility index (Phi) is 4.04. The van der Waals surface area contributed by atoms with E-state index in [1.54, 1.807) is 12.4 Å². The predicted molar refractivity (Wildman–Crippen MR) is 80.5 cm³/mol. The molecule has 1 amide bonds. The molecule has 0 spiro atoms. The average molecular weight is 277 g/mol. The van der Waals surface area contributed by atoms with Gasteiger partial charge in [0.2, 0.25) is 0 Å². The van der Waals surface area contributed by atoms with Crippen LogP contribution in [0.2, 0.25) is 0 Å². The number of carbonyl (C=O) groups is 1. The molecule has 2 N–H and O–H groups in total. The fourth-order valence-corrected chi connectivity index (χ4v) is 3.14. The van der Waals surface area contributed by atoms with Gasteiger partial charge in [-0.05, 0) is 26.3 Å². The van der Waals surface area contributed by atoms with Crippen LogP contribution in [0.1, 0.15) is 36.9 Å². The second-order valence-corrected chi connectivity index (χ2v) is 5.86. The van der Waals surface area contributed by atoms with Crippen LogP contribution in [-0.2, 0) is 0 Å². The Bertz CT molecular complexity index is 591. The fourth-order valence-electron chi connectivity index (χ4n) is 2.10. The molecule has 0 aromatic carbocycles. The van der Waals surface area contributed by atoms with E-state index in [-0.39, 0.29) is 11.9 Å². The third kappa shape index (κ3) is 2.56. The van der Waals surface area contributed by atoms with E-state index in [2.05, 4.69) is 11.9 Å². The smallest absolute Gasteiger partial charge is 0.266 e. The molecule has 0 aliphatic carbocycles.